The molecule has 1 aromatic heterocycles. The summed E-state index contributed by atoms with van der Waals surface area (Å²) in [6.45, 7) is 8.60. The van der Waals surface area contributed by atoms with Crippen molar-refractivity contribution in [2.75, 3.05) is 6.54 Å². The van der Waals surface area contributed by atoms with Crippen LogP contribution in [0.3, 0.4) is 0 Å². The predicted molar refractivity (Wildman–Crippen MR) is 76.8 cm³/mol. The summed E-state index contributed by atoms with van der Waals surface area (Å²) in [6.07, 6.45) is 1.27. The van der Waals surface area contributed by atoms with Gasteiger partial charge in [0.25, 0.3) is 0 Å². The Balaban J connectivity index is 2.68. The fraction of sp³-hybridized carbons (Fsp3) is 0.692. The smallest absolute Gasteiger partial charge is 0.152 e. The lowest BCUT2D eigenvalue weighted by Gasteiger charge is -2.19. The second-order valence-electron chi connectivity index (χ2n) is 5.50. The number of aromatic nitrogens is 2. The van der Waals surface area contributed by atoms with Crippen LogP contribution < -0.4 is 5.32 Å². The maximum absolute atomic E-state index is 11.9. The van der Waals surface area contributed by atoms with Crippen molar-refractivity contribution in [2.24, 2.45) is 7.05 Å². The van der Waals surface area contributed by atoms with Crippen molar-refractivity contribution in [1.29, 1.82) is 0 Å². The van der Waals surface area contributed by atoms with Gasteiger partial charge in [-0.05, 0) is 43.1 Å². The summed E-state index contributed by atoms with van der Waals surface area (Å²) in [4.78, 5) is 11.9. The van der Waals surface area contributed by atoms with Gasteiger partial charge in [0.05, 0.1) is 28.8 Å². The summed E-state index contributed by atoms with van der Waals surface area (Å²) in [5.74, 6) is 0.177. The summed E-state index contributed by atoms with van der Waals surface area (Å²) < 4.78 is 2.76. The molecular weight excluding hydrogens is 294 g/mol. The molecule has 102 valence electrons. The third-order valence-electron chi connectivity index (χ3n) is 2.68. The van der Waals surface area contributed by atoms with Crippen LogP contribution in [0.4, 0.5) is 0 Å². The van der Waals surface area contributed by atoms with E-state index in [0.29, 0.717) is 13.0 Å². The minimum atomic E-state index is -0.0338. The van der Waals surface area contributed by atoms with E-state index in [1.165, 1.54) is 0 Å². The molecule has 0 radical (unpaired) electrons. The monoisotopic (exact) mass is 315 g/mol. The molecule has 0 aliphatic heterocycles. The van der Waals surface area contributed by atoms with Crippen LogP contribution in [-0.2, 0) is 24.7 Å². The molecule has 0 bridgehead atoms. The van der Waals surface area contributed by atoms with Gasteiger partial charge in [-0.3, -0.25) is 9.48 Å². The zero-order chi connectivity index (χ0) is 13.9. The molecule has 0 saturated heterocycles. The van der Waals surface area contributed by atoms with Crippen molar-refractivity contribution in [3.63, 3.8) is 0 Å². The van der Waals surface area contributed by atoms with Crippen molar-refractivity contribution in [3.8, 4) is 0 Å². The number of hydrogen-bond acceptors (Lipinski definition) is 3. The van der Waals surface area contributed by atoms with E-state index < -0.39 is 0 Å². The van der Waals surface area contributed by atoms with Crippen LogP contribution in [0.15, 0.2) is 4.47 Å². The maximum Gasteiger partial charge on any atom is 0.152 e. The summed E-state index contributed by atoms with van der Waals surface area (Å²) in [5.41, 5.74) is 1.92. The molecule has 0 amide bonds. The Labute approximate surface area is 117 Å². The lowest BCUT2D eigenvalue weighted by atomic mass is 10.1. The summed E-state index contributed by atoms with van der Waals surface area (Å²) in [5, 5.41) is 7.59. The number of halogens is 1. The Morgan fingerprint density at radius 1 is 1.44 bits per heavy atom. The molecule has 1 aromatic rings. The molecule has 1 N–H and O–H groups in total. The van der Waals surface area contributed by atoms with Crippen LogP contribution in [0.5, 0.6) is 0 Å². The van der Waals surface area contributed by atoms with Crippen molar-refractivity contribution < 1.29 is 4.79 Å². The molecule has 0 aliphatic rings. The van der Waals surface area contributed by atoms with Crippen LogP contribution in [0.25, 0.3) is 0 Å². The number of hydrogen-bond donors (Lipinski definition) is 1. The number of nitrogens with zero attached hydrogens (tertiary/aromatic N) is 2. The van der Waals surface area contributed by atoms with Gasteiger partial charge in [0.1, 0.15) is 0 Å². The Hall–Kier alpha value is -0.680. The highest BCUT2D eigenvalue weighted by molar-refractivity contribution is 9.10. The Kier molecular flexibility index (Phi) is 5.10. The van der Waals surface area contributed by atoms with Crippen LogP contribution >= 0.6 is 15.9 Å². The van der Waals surface area contributed by atoms with E-state index >= 15 is 0 Å². The quantitative estimate of drug-likeness (QED) is 0.906. The van der Waals surface area contributed by atoms with E-state index in [-0.39, 0.29) is 11.3 Å². The maximum atomic E-state index is 11.9. The first-order chi connectivity index (χ1) is 8.24. The lowest BCUT2D eigenvalue weighted by molar-refractivity contribution is -0.118. The van der Waals surface area contributed by atoms with Gasteiger partial charge in [-0.25, -0.2) is 0 Å². The molecule has 0 unspecified atom stereocenters. The van der Waals surface area contributed by atoms with Gasteiger partial charge in [0, 0.05) is 12.6 Å². The molecule has 0 saturated carbocycles. The summed E-state index contributed by atoms with van der Waals surface area (Å²) >= 11 is 3.53. The number of carbonyl (C=O) groups is 1. The molecule has 5 heteroatoms. The zero-order valence-corrected chi connectivity index (χ0v) is 13.4. The standard InChI is InChI=1S/C13H22BrN3O/c1-6-10-12(14)11(17(5)16-10)7-9(18)8-15-13(2,3)4/h15H,6-8H2,1-5H3. The van der Waals surface area contributed by atoms with Gasteiger partial charge in [0.15, 0.2) is 5.78 Å². The first-order valence-electron chi connectivity index (χ1n) is 6.21. The summed E-state index contributed by atoms with van der Waals surface area (Å²) in [7, 11) is 1.88. The van der Waals surface area contributed by atoms with E-state index in [4.69, 9.17) is 0 Å². The Bertz CT molecular complexity index is 432. The second-order valence-corrected chi connectivity index (χ2v) is 6.30. The van der Waals surface area contributed by atoms with Gasteiger partial charge in [-0.2, -0.15) is 5.10 Å². The van der Waals surface area contributed by atoms with Crippen LogP contribution in [-0.4, -0.2) is 27.6 Å². The van der Waals surface area contributed by atoms with E-state index in [9.17, 15) is 4.79 Å². The zero-order valence-electron chi connectivity index (χ0n) is 11.8. The SMILES string of the molecule is CCc1nn(C)c(CC(=O)CNC(C)(C)C)c1Br. The number of aryl methyl sites for hydroxylation is 2. The van der Waals surface area contributed by atoms with Crippen LogP contribution in [0, 0.1) is 0 Å². The van der Waals surface area contributed by atoms with Crippen molar-refractivity contribution in [2.45, 2.75) is 46.1 Å². The van der Waals surface area contributed by atoms with Gasteiger partial charge >= 0.3 is 0 Å². The number of carbonyl (C=O) groups excluding carboxylic acids is 1. The number of Topliss-reactive ketones (excluding diaryl/α,β-unsaturated/α-hetero) is 1. The van der Waals surface area contributed by atoms with E-state index in [2.05, 4.69) is 54.0 Å². The molecule has 0 aromatic carbocycles. The van der Waals surface area contributed by atoms with Crippen molar-refractivity contribution >= 4 is 21.7 Å². The minimum Gasteiger partial charge on any atom is -0.305 e. The predicted octanol–water partition coefficient (Wildman–Crippen LogP) is 2.24. The Morgan fingerprint density at radius 2 is 2.06 bits per heavy atom. The molecule has 1 heterocycles. The molecule has 0 aliphatic carbocycles. The van der Waals surface area contributed by atoms with Crippen molar-refractivity contribution in [3.05, 3.63) is 15.9 Å². The highest BCUT2D eigenvalue weighted by Crippen LogP contribution is 2.22. The molecule has 0 atom stereocenters. The van der Waals surface area contributed by atoms with Crippen molar-refractivity contribution in [1.82, 2.24) is 15.1 Å². The second kappa shape index (κ2) is 5.97. The van der Waals surface area contributed by atoms with E-state index in [1.54, 1.807) is 4.68 Å². The first kappa shape index (κ1) is 15.4. The van der Waals surface area contributed by atoms with Gasteiger partial charge in [-0.15, -0.1) is 0 Å². The topological polar surface area (TPSA) is 46.9 Å². The van der Waals surface area contributed by atoms with Gasteiger partial charge < -0.3 is 5.32 Å². The number of nitrogens with one attached hydrogen (secondary N) is 1. The third-order valence-corrected chi connectivity index (χ3v) is 3.60. The fourth-order valence-electron chi connectivity index (χ4n) is 1.62. The van der Waals surface area contributed by atoms with Crippen LogP contribution in [0.1, 0.15) is 39.1 Å². The average molecular weight is 316 g/mol. The Morgan fingerprint density at radius 3 is 2.50 bits per heavy atom. The van der Waals surface area contributed by atoms with E-state index in [0.717, 1.165) is 22.3 Å². The summed E-state index contributed by atoms with van der Waals surface area (Å²) in [6, 6.07) is 0. The third kappa shape index (κ3) is 4.21. The molecule has 18 heavy (non-hydrogen) atoms. The first-order valence-corrected chi connectivity index (χ1v) is 7.01. The fourth-order valence-corrected chi connectivity index (χ4v) is 2.38. The highest BCUT2D eigenvalue weighted by atomic mass is 79.9. The number of ketones is 1. The average Bonchev–Trinajstić information content (AvgIpc) is 2.53. The normalized spacial score (nSPS) is 11.9. The molecule has 0 fully saturated rings. The molecule has 0 spiro atoms. The molecular formula is C13H22BrN3O. The van der Waals surface area contributed by atoms with E-state index in [1.807, 2.05) is 7.05 Å². The van der Waals surface area contributed by atoms with Crippen LogP contribution in [0.2, 0.25) is 0 Å². The van der Waals surface area contributed by atoms with Gasteiger partial charge in [-0.1, -0.05) is 6.92 Å². The number of rotatable bonds is 5. The minimum absolute atomic E-state index is 0.0338. The van der Waals surface area contributed by atoms with Gasteiger partial charge in [0.2, 0.25) is 0 Å². The lowest BCUT2D eigenvalue weighted by Crippen LogP contribution is -2.39. The molecule has 4 nitrogen and oxygen atoms in total. The highest BCUT2D eigenvalue weighted by Gasteiger charge is 2.17. The molecule has 1 rings (SSSR count). The largest absolute Gasteiger partial charge is 0.305 e.